The van der Waals surface area contributed by atoms with Gasteiger partial charge in [0.1, 0.15) is 6.33 Å². The molecule has 0 bridgehead atoms. The van der Waals surface area contributed by atoms with Crippen molar-refractivity contribution in [2.75, 3.05) is 0 Å². The van der Waals surface area contributed by atoms with Crippen molar-refractivity contribution in [2.45, 2.75) is 19.7 Å². The number of hydrogen-bond acceptors (Lipinski definition) is 2. The molecule has 0 aliphatic rings. The second-order valence-electron chi connectivity index (χ2n) is 2.76. The Kier molecular flexibility index (Phi) is 6.47. The molecule has 1 heterocycles. The molecule has 0 aliphatic heterocycles. The average Bonchev–Trinajstić information content (AvgIpc) is 2.02. The van der Waals surface area contributed by atoms with Crippen LogP contribution in [0.1, 0.15) is 18.2 Å². The Morgan fingerprint density at radius 1 is 1.36 bits per heavy atom. The molecule has 0 N–H and O–H groups in total. The van der Waals surface area contributed by atoms with Crippen molar-refractivity contribution in [1.29, 1.82) is 0 Å². The van der Waals surface area contributed by atoms with Crippen molar-refractivity contribution >= 4 is 6.98 Å². The van der Waals surface area contributed by atoms with Crippen LogP contribution < -0.4 is 51.4 Å². The molecule has 0 saturated heterocycles. The molecule has 0 aromatic carbocycles. The zero-order valence-corrected chi connectivity index (χ0v) is 11.3. The maximum atomic E-state index is 12.1. The first-order valence-corrected chi connectivity index (χ1v) is 4.01. The van der Waals surface area contributed by atoms with Crippen LogP contribution in [0.3, 0.4) is 0 Å². The first-order chi connectivity index (χ1) is 6.03. The molecule has 0 atom stereocenters. The summed E-state index contributed by atoms with van der Waals surface area (Å²) in [6, 6.07) is 0. The van der Waals surface area contributed by atoms with Gasteiger partial charge in [0.15, 0.2) is 0 Å². The summed E-state index contributed by atoms with van der Waals surface area (Å²) >= 11 is 0. The molecule has 14 heavy (non-hydrogen) atoms. The molecule has 7 heteroatoms. The summed E-state index contributed by atoms with van der Waals surface area (Å²) in [5.41, 5.74) is 0.673. The Labute approximate surface area is 123 Å². The van der Waals surface area contributed by atoms with Gasteiger partial charge in [-0.1, -0.05) is 13.2 Å². The summed E-state index contributed by atoms with van der Waals surface area (Å²) in [6.07, 6.45) is 2.13. The van der Waals surface area contributed by atoms with Crippen LogP contribution in [0.25, 0.3) is 0 Å². The molecule has 0 saturated carbocycles. The van der Waals surface area contributed by atoms with Gasteiger partial charge in [-0.2, -0.15) is 0 Å². The Morgan fingerprint density at radius 2 is 2.00 bits per heavy atom. The van der Waals surface area contributed by atoms with E-state index in [1.54, 1.807) is 6.92 Å². The van der Waals surface area contributed by atoms with E-state index >= 15 is 0 Å². The number of aromatic nitrogens is 2. The molecule has 0 aliphatic carbocycles. The minimum absolute atomic E-state index is 0. The van der Waals surface area contributed by atoms with E-state index in [2.05, 4.69) is 9.97 Å². The van der Waals surface area contributed by atoms with Gasteiger partial charge in [-0.15, -0.1) is 0 Å². The number of hydrogen-bond donors (Lipinski definition) is 0. The van der Waals surface area contributed by atoms with Gasteiger partial charge in [-0.3, -0.25) is 0 Å². The van der Waals surface area contributed by atoms with E-state index in [0.717, 1.165) is 0 Å². The molecule has 72 valence electrons. The molecule has 0 radical (unpaired) electrons. The molecule has 0 unspecified atom stereocenters. The molecular weight excluding hydrogens is 219 g/mol. The van der Waals surface area contributed by atoms with Gasteiger partial charge in [0.05, 0.1) is 0 Å². The van der Waals surface area contributed by atoms with Crippen LogP contribution in [0, 0.1) is 0 Å². The second kappa shape index (κ2) is 6.22. The van der Waals surface area contributed by atoms with E-state index in [-0.39, 0.29) is 56.9 Å². The Balaban J connectivity index is 0.00000169. The van der Waals surface area contributed by atoms with Crippen molar-refractivity contribution in [3.8, 4) is 0 Å². The quantitative estimate of drug-likeness (QED) is 0.618. The zero-order chi connectivity index (χ0) is 9.90. The van der Waals surface area contributed by atoms with E-state index in [0.29, 0.717) is 12.1 Å². The van der Waals surface area contributed by atoms with E-state index < -0.39 is 13.3 Å². The second-order valence-corrected chi connectivity index (χ2v) is 2.76. The number of rotatable bonds is 3. The predicted octanol–water partition coefficient (Wildman–Crippen LogP) is -1.03. The molecule has 0 fully saturated rings. The van der Waals surface area contributed by atoms with Crippen molar-refractivity contribution in [3.05, 3.63) is 23.8 Å². The summed E-state index contributed by atoms with van der Waals surface area (Å²) in [6.45, 7) is -3.02. The zero-order valence-electron chi connectivity index (χ0n) is 8.17. The van der Waals surface area contributed by atoms with Gasteiger partial charge in [0.2, 0.25) is 0 Å². The molecule has 1 aromatic rings. The predicted molar refractivity (Wildman–Crippen MR) is 44.2 cm³/mol. The molecule has 2 nitrogen and oxygen atoms in total. The van der Waals surface area contributed by atoms with Crippen LogP contribution >= 0.6 is 0 Å². The minimum Gasteiger partial charge on any atom is -0.449 e. The summed E-state index contributed by atoms with van der Waals surface area (Å²) < 4.78 is 36.2. The van der Waals surface area contributed by atoms with Gasteiger partial charge in [0.25, 0.3) is 0 Å². The first kappa shape index (κ1) is 14.6. The molecule has 1 rings (SSSR count). The minimum atomic E-state index is -4.79. The SMILES string of the molecule is CCc1ncncc1C[B-](F)(F)F.[K+]. The van der Waals surface area contributed by atoms with E-state index in [9.17, 15) is 12.9 Å². The van der Waals surface area contributed by atoms with Crippen LogP contribution in [0.2, 0.25) is 0 Å². The first-order valence-electron chi connectivity index (χ1n) is 4.01. The molecule has 0 spiro atoms. The number of aryl methyl sites for hydroxylation is 1. The monoisotopic (exact) mass is 228 g/mol. The molecule has 1 aromatic heterocycles. The van der Waals surface area contributed by atoms with Crippen LogP contribution in [-0.2, 0) is 12.7 Å². The smallest absolute Gasteiger partial charge is 0.449 e. The average molecular weight is 228 g/mol. The Morgan fingerprint density at radius 3 is 2.50 bits per heavy atom. The van der Waals surface area contributed by atoms with E-state index in [4.69, 9.17) is 0 Å². The van der Waals surface area contributed by atoms with Crippen LogP contribution in [-0.4, -0.2) is 16.9 Å². The van der Waals surface area contributed by atoms with Gasteiger partial charge in [-0.25, -0.2) is 9.97 Å². The van der Waals surface area contributed by atoms with Gasteiger partial charge < -0.3 is 12.9 Å². The van der Waals surface area contributed by atoms with Crippen LogP contribution in [0.4, 0.5) is 12.9 Å². The third-order valence-electron chi connectivity index (χ3n) is 1.67. The Bertz CT molecular complexity index is 293. The maximum absolute atomic E-state index is 12.1. The van der Waals surface area contributed by atoms with Gasteiger partial charge in [-0.05, 0) is 12.0 Å². The van der Waals surface area contributed by atoms with E-state index in [1.165, 1.54) is 12.5 Å². The fourth-order valence-electron chi connectivity index (χ4n) is 1.12. The van der Waals surface area contributed by atoms with Crippen molar-refractivity contribution in [3.63, 3.8) is 0 Å². The van der Waals surface area contributed by atoms with Crippen molar-refractivity contribution in [2.24, 2.45) is 0 Å². The Hall–Kier alpha value is 0.571. The van der Waals surface area contributed by atoms with Crippen LogP contribution in [0.5, 0.6) is 0 Å². The maximum Gasteiger partial charge on any atom is 1.00 e. The molecule has 0 amide bonds. The summed E-state index contributed by atoms with van der Waals surface area (Å²) in [5.74, 6) is 0. The van der Waals surface area contributed by atoms with Crippen molar-refractivity contribution in [1.82, 2.24) is 9.97 Å². The summed E-state index contributed by atoms with van der Waals surface area (Å²) in [4.78, 5) is 7.36. The van der Waals surface area contributed by atoms with Crippen LogP contribution in [0.15, 0.2) is 12.5 Å². The fourth-order valence-corrected chi connectivity index (χ4v) is 1.12. The normalized spacial score (nSPS) is 10.9. The number of nitrogens with zero attached hydrogens (tertiary/aromatic N) is 2. The third-order valence-corrected chi connectivity index (χ3v) is 1.67. The van der Waals surface area contributed by atoms with Gasteiger partial charge in [0, 0.05) is 11.9 Å². The standard InChI is InChI=1S/C7H9BF3N2.K/c1-2-7-6(3-8(9,10)11)4-12-5-13-7;/h4-5H,2-3H2,1H3;/q-1;+1. The van der Waals surface area contributed by atoms with E-state index in [1.807, 2.05) is 0 Å². The van der Waals surface area contributed by atoms with Crippen molar-refractivity contribution < 1.29 is 64.3 Å². The molecular formula is C7H9BF3KN2. The number of halogens is 3. The summed E-state index contributed by atoms with van der Waals surface area (Å²) in [7, 11) is 0. The fraction of sp³-hybridized carbons (Fsp3) is 0.429. The summed E-state index contributed by atoms with van der Waals surface area (Å²) in [5, 5.41) is 0. The topological polar surface area (TPSA) is 25.8 Å². The largest absolute Gasteiger partial charge is 1.00 e. The third kappa shape index (κ3) is 4.88. The van der Waals surface area contributed by atoms with Gasteiger partial charge >= 0.3 is 58.4 Å².